The van der Waals surface area contributed by atoms with E-state index in [1.165, 1.54) is 0 Å². The third kappa shape index (κ3) is 4.30. The number of carbonyl (C=O) groups is 2. The van der Waals surface area contributed by atoms with E-state index in [1.54, 1.807) is 24.3 Å². The molecule has 0 fully saturated rings. The number of rotatable bonds is 5. The maximum Gasteiger partial charge on any atom is 0.374 e. The predicted octanol–water partition coefficient (Wildman–Crippen LogP) is 4.39. The quantitative estimate of drug-likeness (QED) is 0.560. The first-order valence-electron chi connectivity index (χ1n) is 8.93. The molecule has 0 spiro atoms. The van der Waals surface area contributed by atoms with E-state index in [9.17, 15) is 9.59 Å². The van der Waals surface area contributed by atoms with Gasteiger partial charge in [0.1, 0.15) is 5.76 Å². The fourth-order valence-electron chi connectivity index (χ4n) is 3.02. The molecule has 1 amide bonds. The number of halogens is 1. The number of furan rings is 1. The molecule has 1 aromatic heterocycles. The normalized spacial score (nSPS) is 14.7. The van der Waals surface area contributed by atoms with Crippen molar-refractivity contribution in [3.8, 4) is 0 Å². The highest BCUT2D eigenvalue weighted by molar-refractivity contribution is 9.10. The zero-order chi connectivity index (χ0) is 19.4. The van der Waals surface area contributed by atoms with Crippen LogP contribution in [-0.4, -0.2) is 24.2 Å². The predicted molar refractivity (Wildman–Crippen MR) is 105 cm³/mol. The Labute approximate surface area is 166 Å². The van der Waals surface area contributed by atoms with Gasteiger partial charge in [0.2, 0.25) is 5.76 Å². The molecule has 1 aliphatic carbocycles. The van der Waals surface area contributed by atoms with Gasteiger partial charge in [-0.15, -0.1) is 0 Å². The summed E-state index contributed by atoms with van der Waals surface area (Å²) in [5, 5.41) is 4.31. The molecule has 0 atom stereocenters. The minimum absolute atomic E-state index is 0.224. The Balaban J connectivity index is 1.82. The fourth-order valence-corrected chi connectivity index (χ4v) is 3.28. The SMILES string of the molecule is CCCOC(=O)c1oc2c(c1C)/C(=N/NC(=O)c1ccc(Br)cc1)CCC2. The lowest BCUT2D eigenvalue weighted by atomic mass is 9.93. The van der Waals surface area contributed by atoms with Gasteiger partial charge in [-0.25, -0.2) is 10.2 Å². The van der Waals surface area contributed by atoms with E-state index >= 15 is 0 Å². The smallest absolute Gasteiger partial charge is 0.374 e. The molecular weight excluding hydrogens is 412 g/mol. The molecule has 0 aliphatic heterocycles. The molecule has 2 aromatic rings. The molecule has 3 rings (SSSR count). The average molecular weight is 433 g/mol. The van der Waals surface area contributed by atoms with E-state index in [1.807, 2.05) is 13.8 Å². The van der Waals surface area contributed by atoms with Gasteiger partial charge in [0.25, 0.3) is 5.91 Å². The second-order valence-corrected chi connectivity index (χ2v) is 7.27. The van der Waals surface area contributed by atoms with Crippen LogP contribution >= 0.6 is 15.9 Å². The first-order chi connectivity index (χ1) is 13.0. The molecule has 0 saturated carbocycles. The van der Waals surface area contributed by atoms with Crippen molar-refractivity contribution < 1.29 is 18.7 Å². The summed E-state index contributed by atoms with van der Waals surface area (Å²) in [6.07, 6.45) is 3.03. The van der Waals surface area contributed by atoms with E-state index in [0.29, 0.717) is 24.2 Å². The van der Waals surface area contributed by atoms with Crippen molar-refractivity contribution in [2.24, 2.45) is 5.10 Å². The molecule has 27 heavy (non-hydrogen) atoms. The average Bonchev–Trinajstić information content (AvgIpc) is 3.02. The lowest BCUT2D eigenvalue weighted by Gasteiger charge is -2.13. The van der Waals surface area contributed by atoms with E-state index in [4.69, 9.17) is 9.15 Å². The summed E-state index contributed by atoms with van der Waals surface area (Å²) in [7, 11) is 0. The summed E-state index contributed by atoms with van der Waals surface area (Å²) in [5.74, 6) is 0.203. The Hall–Kier alpha value is -2.41. The molecule has 1 N–H and O–H groups in total. The number of aryl methyl sites for hydroxylation is 1. The zero-order valence-corrected chi connectivity index (χ0v) is 16.9. The molecular formula is C20H21BrN2O4. The minimum Gasteiger partial charge on any atom is -0.460 e. The van der Waals surface area contributed by atoms with E-state index in [-0.39, 0.29) is 11.7 Å². The van der Waals surface area contributed by atoms with Crippen LogP contribution in [0.15, 0.2) is 38.3 Å². The van der Waals surface area contributed by atoms with E-state index in [0.717, 1.165) is 40.8 Å². The van der Waals surface area contributed by atoms with Crippen LogP contribution in [0.25, 0.3) is 0 Å². The van der Waals surface area contributed by atoms with Crippen LogP contribution in [0.3, 0.4) is 0 Å². The fraction of sp³-hybridized carbons (Fsp3) is 0.350. The van der Waals surface area contributed by atoms with Gasteiger partial charge in [-0.3, -0.25) is 4.79 Å². The minimum atomic E-state index is -0.456. The summed E-state index contributed by atoms with van der Waals surface area (Å²) in [6.45, 7) is 4.11. The van der Waals surface area contributed by atoms with Crippen molar-refractivity contribution in [3.63, 3.8) is 0 Å². The van der Waals surface area contributed by atoms with Crippen molar-refractivity contribution in [3.05, 3.63) is 56.9 Å². The number of nitrogens with zero attached hydrogens (tertiary/aromatic N) is 1. The monoisotopic (exact) mass is 432 g/mol. The van der Waals surface area contributed by atoms with Gasteiger partial charge in [-0.1, -0.05) is 22.9 Å². The molecule has 1 heterocycles. The highest BCUT2D eigenvalue weighted by atomic mass is 79.9. The number of benzene rings is 1. The molecule has 0 unspecified atom stereocenters. The number of nitrogens with one attached hydrogen (secondary N) is 1. The number of amides is 1. The Kier molecular flexibility index (Phi) is 6.11. The van der Waals surface area contributed by atoms with Crippen LogP contribution < -0.4 is 5.43 Å². The Morgan fingerprint density at radius 3 is 2.70 bits per heavy atom. The van der Waals surface area contributed by atoms with Crippen molar-refractivity contribution in [1.29, 1.82) is 0 Å². The van der Waals surface area contributed by atoms with Crippen molar-refractivity contribution in [1.82, 2.24) is 5.43 Å². The van der Waals surface area contributed by atoms with Crippen molar-refractivity contribution in [2.75, 3.05) is 6.61 Å². The summed E-state index contributed by atoms with van der Waals surface area (Å²) in [4.78, 5) is 24.5. The third-order valence-electron chi connectivity index (χ3n) is 4.35. The van der Waals surface area contributed by atoms with Gasteiger partial charge in [-0.2, -0.15) is 5.10 Å². The first-order valence-corrected chi connectivity index (χ1v) is 9.72. The molecule has 1 aromatic carbocycles. The highest BCUT2D eigenvalue weighted by Gasteiger charge is 2.28. The third-order valence-corrected chi connectivity index (χ3v) is 4.88. The summed E-state index contributed by atoms with van der Waals surface area (Å²) in [5.41, 5.74) is 5.36. The molecule has 142 valence electrons. The number of carbonyl (C=O) groups excluding carboxylic acids is 2. The standard InChI is InChI=1S/C20H21BrN2O4/c1-3-11-26-20(25)18-12(2)17-15(5-4-6-16(17)27-18)22-23-19(24)13-7-9-14(21)10-8-13/h7-10H,3-6,11H2,1-2H3,(H,23,24)/b22-15+. The van der Waals surface area contributed by atoms with Crippen LogP contribution in [0.4, 0.5) is 0 Å². The van der Waals surface area contributed by atoms with Gasteiger partial charge < -0.3 is 9.15 Å². The molecule has 0 bridgehead atoms. The van der Waals surface area contributed by atoms with Gasteiger partial charge in [0.05, 0.1) is 12.3 Å². The summed E-state index contributed by atoms with van der Waals surface area (Å²) >= 11 is 3.34. The van der Waals surface area contributed by atoms with Gasteiger partial charge in [0.15, 0.2) is 0 Å². The highest BCUT2D eigenvalue weighted by Crippen LogP contribution is 2.30. The summed E-state index contributed by atoms with van der Waals surface area (Å²) in [6, 6.07) is 7.04. The zero-order valence-electron chi connectivity index (χ0n) is 15.3. The van der Waals surface area contributed by atoms with E-state index < -0.39 is 5.97 Å². The van der Waals surface area contributed by atoms with Gasteiger partial charge in [-0.05, 0) is 50.5 Å². The second kappa shape index (κ2) is 8.52. The second-order valence-electron chi connectivity index (χ2n) is 6.35. The van der Waals surface area contributed by atoms with Crippen LogP contribution in [0, 0.1) is 6.92 Å². The number of hydrogen-bond donors (Lipinski definition) is 1. The van der Waals surface area contributed by atoms with Crippen LogP contribution in [0.5, 0.6) is 0 Å². The van der Waals surface area contributed by atoms with Crippen LogP contribution in [0.2, 0.25) is 0 Å². The molecule has 0 radical (unpaired) electrons. The number of fused-ring (bicyclic) bond motifs is 1. The lowest BCUT2D eigenvalue weighted by Crippen LogP contribution is -2.22. The Bertz CT molecular complexity index is 884. The largest absolute Gasteiger partial charge is 0.460 e. The number of ether oxygens (including phenoxy) is 1. The Morgan fingerprint density at radius 1 is 1.26 bits per heavy atom. The molecule has 6 nitrogen and oxygen atoms in total. The van der Waals surface area contributed by atoms with Gasteiger partial charge >= 0.3 is 5.97 Å². The molecule has 0 saturated heterocycles. The van der Waals surface area contributed by atoms with Crippen LogP contribution in [0.1, 0.15) is 64.0 Å². The number of esters is 1. The topological polar surface area (TPSA) is 80.9 Å². The van der Waals surface area contributed by atoms with Gasteiger partial charge in [0, 0.05) is 27.6 Å². The number of hydrazone groups is 1. The molecule has 7 heteroatoms. The maximum absolute atomic E-state index is 12.3. The molecule has 1 aliphatic rings. The summed E-state index contributed by atoms with van der Waals surface area (Å²) < 4.78 is 11.8. The first kappa shape index (κ1) is 19.4. The number of hydrogen-bond acceptors (Lipinski definition) is 5. The maximum atomic E-state index is 12.3. The van der Waals surface area contributed by atoms with E-state index in [2.05, 4.69) is 26.5 Å². The van der Waals surface area contributed by atoms with Crippen molar-refractivity contribution >= 4 is 33.5 Å². The lowest BCUT2D eigenvalue weighted by molar-refractivity contribution is 0.0465. The van der Waals surface area contributed by atoms with Crippen molar-refractivity contribution in [2.45, 2.75) is 39.5 Å². The van der Waals surface area contributed by atoms with Crippen LogP contribution in [-0.2, 0) is 11.2 Å². The Morgan fingerprint density at radius 2 is 2.00 bits per heavy atom.